The SMILES string of the molecule is C[N+](C)(CCCCS(=O)(=O)O)CCCNC(=O)C(F)(F)C(F)(F)F. The molecular weight excluding hydrogens is 363 g/mol. The fraction of sp³-hybridized carbons (Fsp3) is 0.917. The van der Waals surface area contributed by atoms with E-state index in [1.54, 1.807) is 19.4 Å². The molecule has 0 aliphatic carbocycles. The zero-order valence-electron chi connectivity index (χ0n) is 13.4. The van der Waals surface area contributed by atoms with Gasteiger partial charge in [0, 0.05) is 13.0 Å². The minimum Gasteiger partial charge on any atom is -0.350 e. The lowest BCUT2D eigenvalue weighted by atomic mass is 10.2. The molecule has 0 heterocycles. The van der Waals surface area contributed by atoms with Crippen LogP contribution in [0, 0.1) is 0 Å². The second-order valence-electron chi connectivity index (χ2n) is 6.06. The van der Waals surface area contributed by atoms with Gasteiger partial charge in [0.2, 0.25) is 0 Å². The Kier molecular flexibility index (Phi) is 8.03. The van der Waals surface area contributed by atoms with Gasteiger partial charge in [-0.25, -0.2) is 0 Å². The van der Waals surface area contributed by atoms with Crippen molar-refractivity contribution in [3.8, 4) is 0 Å². The molecule has 0 unspecified atom stereocenters. The first-order chi connectivity index (χ1) is 10.6. The van der Waals surface area contributed by atoms with Gasteiger partial charge in [0.1, 0.15) is 0 Å². The Labute approximate surface area is 137 Å². The third-order valence-electron chi connectivity index (χ3n) is 3.28. The first-order valence-electron chi connectivity index (χ1n) is 7.08. The van der Waals surface area contributed by atoms with E-state index in [9.17, 15) is 35.2 Å². The highest BCUT2D eigenvalue weighted by Crippen LogP contribution is 2.35. The smallest absolute Gasteiger partial charge is 0.350 e. The molecule has 0 saturated heterocycles. The summed E-state index contributed by atoms with van der Waals surface area (Å²) < 4.78 is 91.3. The van der Waals surface area contributed by atoms with Crippen molar-refractivity contribution in [2.75, 3.05) is 39.5 Å². The zero-order valence-corrected chi connectivity index (χ0v) is 14.2. The Morgan fingerprint density at radius 3 is 2.00 bits per heavy atom. The van der Waals surface area contributed by atoms with Crippen LogP contribution in [-0.2, 0) is 14.9 Å². The van der Waals surface area contributed by atoms with Crippen molar-refractivity contribution in [1.82, 2.24) is 5.32 Å². The Morgan fingerprint density at radius 1 is 1.04 bits per heavy atom. The second kappa shape index (κ2) is 8.39. The first kappa shape index (κ1) is 23.0. The van der Waals surface area contributed by atoms with E-state index in [0.717, 1.165) is 0 Å². The molecule has 0 aromatic heterocycles. The van der Waals surface area contributed by atoms with Crippen molar-refractivity contribution in [2.24, 2.45) is 0 Å². The molecule has 144 valence electrons. The Balaban J connectivity index is 4.11. The molecule has 0 radical (unpaired) electrons. The minimum atomic E-state index is -5.93. The third-order valence-corrected chi connectivity index (χ3v) is 4.09. The van der Waals surface area contributed by atoms with Crippen LogP contribution in [0.2, 0.25) is 0 Å². The first-order valence-corrected chi connectivity index (χ1v) is 8.69. The number of alkyl halides is 5. The molecule has 0 aliphatic heterocycles. The summed E-state index contributed by atoms with van der Waals surface area (Å²) >= 11 is 0. The standard InChI is InChI=1S/C12H21F5N2O4S/c1-19(2,7-3-4-9-24(21,22)23)8-5-6-18-10(20)11(13,14)12(15,16)17/h3-9H2,1-2H3,(H-,18,20,21,22,23)/p+1. The number of amides is 1. The summed E-state index contributed by atoms with van der Waals surface area (Å²) in [7, 11) is -0.489. The van der Waals surface area contributed by atoms with Crippen molar-refractivity contribution in [3.63, 3.8) is 0 Å². The van der Waals surface area contributed by atoms with Crippen molar-refractivity contribution in [2.45, 2.75) is 31.4 Å². The summed E-state index contributed by atoms with van der Waals surface area (Å²) in [5.74, 6) is -8.17. The number of carbonyl (C=O) groups excluding carboxylic acids is 1. The second-order valence-corrected chi connectivity index (χ2v) is 7.63. The molecule has 6 nitrogen and oxygen atoms in total. The topological polar surface area (TPSA) is 83.5 Å². The summed E-state index contributed by atoms with van der Waals surface area (Å²) in [6.45, 7) is 0.559. The third kappa shape index (κ3) is 8.73. The van der Waals surface area contributed by atoms with Gasteiger partial charge in [0.15, 0.2) is 0 Å². The van der Waals surface area contributed by atoms with Gasteiger partial charge in [-0.3, -0.25) is 9.35 Å². The lowest BCUT2D eigenvalue weighted by molar-refractivity contribution is -0.890. The quantitative estimate of drug-likeness (QED) is 0.258. The van der Waals surface area contributed by atoms with Gasteiger partial charge in [0.25, 0.3) is 16.0 Å². The van der Waals surface area contributed by atoms with Crippen LogP contribution < -0.4 is 5.32 Å². The predicted molar refractivity (Wildman–Crippen MR) is 76.1 cm³/mol. The predicted octanol–water partition coefficient (Wildman–Crippen LogP) is 1.43. The van der Waals surface area contributed by atoms with Crippen LogP contribution in [0.4, 0.5) is 22.0 Å². The molecule has 0 atom stereocenters. The molecule has 12 heteroatoms. The maximum absolute atomic E-state index is 12.7. The van der Waals surface area contributed by atoms with Crippen LogP contribution in [0.25, 0.3) is 0 Å². The largest absolute Gasteiger partial charge is 0.463 e. The number of hydrogen-bond donors (Lipinski definition) is 2. The number of quaternary nitrogens is 1. The molecule has 0 saturated carbocycles. The Bertz CT molecular complexity index is 520. The average Bonchev–Trinajstić information content (AvgIpc) is 2.37. The van der Waals surface area contributed by atoms with Crippen molar-refractivity contribution in [3.05, 3.63) is 0 Å². The number of hydrogen-bond acceptors (Lipinski definition) is 3. The van der Waals surface area contributed by atoms with Crippen LogP contribution in [-0.4, -0.2) is 74.9 Å². The molecule has 1 amide bonds. The Morgan fingerprint density at radius 2 is 1.54 bits per heavy atom. The number of halogens is 5. The zero-order chi connectivity index (χ0) is 19.2. The highest BCUT2D eigenvalue weighted by atomic mass is 32.2. The fourth-order valence-electron chi connectivity index (χ4n) is 1.88. The van der Waals surface area contributed by atoms with E-state index in [2.05, 4.69) is 0 Å². The van der Waals surface area contributed by atoms with Gasteiger partial charge in [-0.1, -0.05) is 0 Å². The number of nitrogens with zero attached hydrogens (tertiary/aromatic N) is 1. The molecule has 2 N–H and O–H groups in total. The summed E-state index contributed by atoms with van der Waals surface area (Å²) in [6.07, 6.45) is -5.04. The van der Waals surface area contributed by atoms with Gasteiger partial charge in [-0.15, -0.1) is 0 Å². The summed E-state index contributed by atoms with van der Waals surface area (Å²) in [4.78, 5) is 10.9. The van der Waals surface area contributed by atoms with Crippen molar-refractivity contribution < 1.29 is 44.2 Å². The normalized spacial score (nSPS) is 13.8. The van der Waals surface area contributed by atoms with E-state index in [1.165, 1.54) is 0 Å². The molecule has 0 aliphatic rings. The minimum absolute atomic E-state index is 0.172. The van der Waals surface area contributed by atoms with Crippen molar-refractivity contribution >= 4 is 16.0 Å². The molecule has 24 heavy (non-hydrogen) atoms. The Hall–Kier alpha value is -1.01. The van der Waals surface area contributed by atoms with Crippen LogP contribution in [0.5, 0.6) is 0 Å². The summed E-state index contributed by atoms with van der Waals surface area (Å²) in [6, 6.07) is 0. The summed E-state index contributed by atoms with van der Waals surface area (Å²) in [5.41, 5.74) is 0. The fourth-order valence-corrected chi connectivity index (χ4v) is 2.45. The molecule has 0 spiro atoms. The maximum Gasteiger partial charge on any atom is 0.463 e. The van der Waals surface area contributed by atoms with Crippen LogP contribution in [0.1, 0.15) is 19.3 Å². The molecule has 0 aromatic carbocycles. The van der Waals surface area contributed by atoms with E-state index in [-0.39, 0.29) is 25.1 Å². The monoisotopic (exact) mass is 385 g/mol. The van der Waals surface area contributed by atoms with Gasteiger partial charge in [-0.2, -0.15) is 30.4 Å². The van der Waals surface area contributed by atoms with E-state index < -0.39 is 28.1 Å². The van der Waals surface area contributed by atoms with Gasteiger partial charge < -0.3 is 9.80 Å². The average molecular weight is 385 g/mol. The molecule has 0 fully saturated rings. The van der Waals surface area contributed by atoms with E-state index >= 15 is 0 Å². The number of nitrogens with one attached hydrogen (secondary N) is 1. The van der Waals surface area contributed by atoms with Crippen LogP contribution in [0.15, 0.2) is 0 Å². The molecule has 0 bridgehead atoms. The van der Waals surface area contributed by atoms with Crippen molar-refractivity contribution in [1.29, 1.82) is 0 Å². The van der Waals surface area contributed by atoms with Gasteiger partial charge in [-0.05, 0) is 12.8 Å². The number of rotatable bonds is 10. The lowest BCUT2D eigenvalue weighted by Gasteiger charge is -2.30. The van der Waals surface area contributed by atoms with E-state index in [4.69, 9.17) is 4.55 Å². The van der Waals surface area contributed by atoms with Gasteiger partial charge >= 0.3 is 12.1 Å². The lowest BCUT2D eigenvalue weighted by Crippen LogP contribution is -2.51. The van der Waals surface area contributed by atoms with E-state index in [0.29, 0.717) is 24.0 Å². The highest BCUT2D eigenvalue weighted by molar-refractivity contribution is 7.85. The molecule has 0 rings (SSSR count). The molecule has 0 aromatic rings. The molecular formula is C12H22F5N2O4S+. The van der Waals surface area contributed by atoms with Gasteiger partial charge in [0.05, 0.1) is 32.9 Å². The van der Waals surface area contributed by atoms with Crippen LogP contribution >= 0.6 is 0 Å². The van der Waals surface area contributed by atoms with E-state index in [1.807, 2.05) is 0 Å². The number of unbranched alkanes of at least 4 members (excludes halogenated alkanes) is 1. The summed E-state index contributed by atoms with van der Waals surface area (Å²) in [5, 5.41) is 1.56. The van der Waals surface area contributed by atoms with Crippen LogP contribution in [0.3, 0.4) is 0 Å². The number of carbonyl (C=O) groups is 1. The maximum atomic E-state index is 12.7. The highest BCUT2D eigenvalue weighted by Gasteiger charge is 2.63.